The van der Waals surface area contributed by atoms with Gasteiger partial charge in [-0.2, -0.15) is 0 Å². The van der Waals surface area contributed by atoms with Crippen LogP contribution in [0.1, 0.15) is 16.9 Å². The summed E-state index contributed by atoms with van der Waals surface area (Å²) in [6, 6.07) is 7.91. The molecule has 0 aliphatic carbocycles. The van der Waals surface area contributed by atoms with Crippen LogP contribution >= 0.6 is 11.3 Å². The van der Waals surface area contributed by atoms with Crippen LogP contribution in [0.3, 0.4) is 0 Å². The molecule has 0 saturated carbocycles. The zero-order valence-corrected chi connectivity index (χ0v) is 11.9. The molecule has 0 radical (unpaired) electrons. The Morgan fingerprint density at radius 1 is 1.33 bits per heavy atom. The van der Waals surface area contributed by atoms with E-state index in [-0.39, 0.29) is 12.3 Å². The van der Waals surface area contributed by atoms with Crippen LogP contribution in [0.25, 0.3) is 0 Å². The third-order valence-electron chi connectivity index (χ3n) is 2.55. The number of ether oxygens (including phenoxy) is 1. The quantitative estimate of drug-likeness (QED) is 0.523. The molecular formula is C15H13NO4S. The molecule has 0 fully saturated rings. The predicted octanol–water partition coefficient (Wildman–Crippen LogP) is 2.97. The molecule has 2 aromatic rings. The first-order valence-corrected chi connectivity index (χ1v) is 7.11. The Hall–Kier alpha value is -2.36. The van der Waals surface area contributed by atoms with Crippen molar-refractivity contribution in [2.75, 3.05) is 6.61 Å². The van der Waals surface area contributed by atoms with Crippen molar-refractivity contribution in [3.63, 3.8) is 0 Å². The number of non-ortho nitro benzene ring substituents is 1. The van der Waals surface area contributed by atoms with E-state index in [1.165, 1.54) is 23.5 Å². The molecule has 1 aromatic heterocycles. The average molecular weight is 303 g/mol. The van der Waals surface area contributed by atoms with Crippen molar-refractivity contribution in [3.8, 4) is 17.6 Å². The van der Waals surface area contributed by atoms with Crippen molar-refractivity contribution >= 4 is 17.0 Å². The minimum absolute atomic E-state index is 0.0416. The second-order valence-electron chi connectivity index (χ2n) is 4.12. The Kier molecular flexibility index (Phi) is 5.32. The van der Waals surface area contributed by atoms with E-state index < -0.39 is 4.92 Å². The molecule has 1 N–H and O–H groups in total. The van der Waals surface area contributed by atoms with Gasteiger partial charge in [0.2, 0.25) is 0 Å². The third-order valence-corrected chi connectivity index (χ3v) is 3.46. The monoisotopic (exact) mass is 303 g/mol. The first kappa shape index (κ1) is 15.0. The van der Waals surface area contributed by atoms with Crippen LogP contribution in [0.2, 0.25) is 0 Å². The van der Waals surface area contributed by atoms with Crippen LogP contribution in [0.5, 0.6) is 5.75 Å². The number of nitrogens with zero attached hydrogens (tertiary/aromatic N) is 1. The summed E-state index contributed by atoms with van der Waals surface area (Å²) in [5.74, 6) is 6.40. The number of aliphatic hydroxyl groups excluding tert-OH is 1. The first-order valence-electron chi connectivity index (χ1n) is 6.23. The van der Waals surface area contributed by atoms with E-state index in [0.29, 0.717) is 18.8 Å². The molecule has 108 valence electrons. The van der Waals surface area contributed by atoms with E-state index in [2.05, 4.69) is 11.8 Å². The van der Waals surface area contributed by atoms with Gasteiger partial charge in [-0.15, -0.1) is 11.3 Å². The number of aliphatic hydroxyl groups is 1. The molecule has 0 bridgehead atoms. The fourth-order valence-electron chi connectivity index (χ4n) is 1.56. The molecule has 0 atom stereocenters. The lowest BCUT2D eigenvalue weighted by Gasteiger charge is -2.03. The molecule has 5 nitrogen and oxygen atoms in total. The number of nitro groups is 1. The van der Waals surface area contributed by atoms with Gasteiger partial charge in [0.1, 0.15) is 12.4 Å². The van der Waals surface area contributed by atoms with Gasteiger partial charge in [-0.05, 0) is 18.2 Å². The maximum absolute atomic E-state index is 10.5. The Morgan fingerprint density at radius 3 is 2.76 bits per heavy atom. The number of benzene rings is 1. The SMILES string of the molecule is O=[N+]([O-])c1ccc(OCc2cc(C#CCCO)cs2)cc1. The van der Waals surface area contributed by atoms with Crippen molar-refractivity contribution in [1.82, 2.24) is 0 Å². The number of nitro benzene ring substituents is 1. The molecule has 0 unspecified atom stereocenters. The zero-order chi connectivity index (χ0) is 15.1. The number of hydrogen-bond acceptors (Lipinski definition) is 5. The lowest BCUT2D eigenvalue weighted by atomic mass is 10.3. The normalized spacial score (nSPS) is 9.76. The first-order chi connectivity index (χ1) is 10.2. The largest absolute Gasteiger partial charge is 0.488 e. The van der Waals surface area contributed by atoms with Crippen LogP contribution in [-0.4, -0.2) is 16.6 Å². The Bertz CT molecular complexity index is 667. The lowest BCUT2D eigenvalue weighted by molar-refractivity contribution is -0.384. The molecular weight excluding hydrogens is 290 g/mol. The van der Waals surface area contributed by atoms with Crippen LogP contribution in [-0.2, 0) is 6.61 Å². The number of rotatable bonds is 5. The molecule has 2 rings (SSSR count). The highest BCUT2D eigenvalue weighted by Crippen LogP contribution is 2.20. The highest BCUT2D eigenvalue weighted by Gasteiger charge is 2.05. The molecule has 0 amide bonds. The molecule has 1 heterocycles. The van der Waals surface area contributed by atoms with Gasteiger partial charge in [0, 0.05) is 34.4 Å². The maximum atomic E-state index is 10.5. The van der Waals surface area contributed by atoms with Gasteiger partial charge in [-0.25, -0.2) is 0 Å². The van der Waals surface area contributed by atoms with Crippen molar-refractivity contribution < 1.29 is 14.8 Å². The van der Waals surface area contributed by atoms with Gasteiger partial charge in [-0.1, -0.05) is 11.8 Å². The predicted molar refractivity (Wildman–Crippen MR) is 80.3 cm³/mol. The van der Waals surface area contributed by atoms with Crippen molar-refractivity contribution in [3.05, 3.63) is 56.3 Å². The molecule has 6 heteroatoms. The topological polar surface area (TPSA) is 72.6 Å². The minimum atomic E-state index is -0.444. The highest BCUT2D eigenvalue weighted by atomic mass is 32.1. The summed E-state index contributed by atoms with van der Waals surface area (Å²) < 4.78 is 5.57. The van der Waals surface area contributed by atoms with Gasteiger partial charge >= 0.3 is 0 Å². The maximum Gasteiger partial charge on any atom is 0.269 e. The fourth-order valence-corrected chi connectivity index (χ4v) is 2.29. The summed E-state index contributed by atoms with van der Waals surface area (Å²) in [4.78, 5) is 11.1. The van der Waals surface area contributed by atoms with Crippen LogP contribution in [0, 0.1) is 22.0 Å². The van der Waals surface area contributed by atoms with Crippen molar-refractivity contribution in [2.45, 2.75) is 13.0 Å². The summed E-state index contributed by atoms with van der Waals surface area (Å²) in [6.45, 7) is 0.456. The van der Waals surface area contributed by atoms with Gasteiger partial charge in [0.05, 0.1) is 11.5 Å². The van der Waals surface area contributed by atoms with Crippen molar-refractivity contribution in [2.24, 2.45) is 0 Å². The summed E-state index contributed by atoms with van der Waals surface area (Å²) in [5.41, 5.74) is 0.940. The molecule has 0 aliphatic rings. The average Bonchev–Trinajstić information content (AvgIpc) is 2.94. The Balaban J connectivity index is 1.91. The standard InChI is InChI=1S/C15H13NO4S/c17-8-2-1-3-12-9-15(21-11-12)10-20-14-6-4-13(5-7-14)16(18)19/h4-7,9,11,17H,2,8,10H2. The van der Waals surface area contributed by atoms with Crippen LogP contribution < -0.4 is 4.74 Å². The van der Waals surface area contributed by atoms with Crippen molar-refractivity contribution in [1.29, 1.82) is 0 Å². The molecule has 0 aliphatic heterocycles. The molecule has 0 spiro atoms. The number of thiophene rings is 1. The van der Waals surface area contributed by atoms with Gasteiger partial charge in [0.15, 0.2) is 0 Å². The Morgan fingerprint density at radius 2 is 2.10 bits per heavy atom. The molecule has 0 saturated heterocycles. The van der Waals surface area contributed by atoms with E-state index in [1.807, 2.05) is 11.4 Å². The summed E-state index contributed by atoms with van der Waals surface area (Å²) >= 11 is 1.54. The molecule has 21 heavy (non-hydrogen) atoms. The van der Waals surface area contributed by atoms with E-state index in [1.54, 1.807) is 12.1 Å². The second-order valence-corrected chi connectivity index (χ2v) is 5.11. The number of hydrogen-bond donors (Lipinski definition) is 1. The zero-order valence-electron chi connectivity index (χ0n) is 11.1. The highest BCUT2D eigenvalue weighted by molar-refractivity contribution is 7.10. The summed E-state index contributed by atoms with van der Waals surface area (Å²) in [5, 5.41) is 21.1. The Labute approximate surface area is 126 Å². The summed E-state index contributed by atoms with van der Waals surface area (Å²) in [6.07, 6.45) is 0.463. The van der Waals surface area contributed by atoms with Gasteiger partial charge in [0.25, 0.3) is 5.69 Å². The smallest absolute Gasteiger partial charge is 0.269 e. The minimum Gasteiger partial charge on any atom is -0.488 e. The van der Waals surface area contributed by atoms with Crippen LogP contribution in [0.15, 0.2) is 35.7 Å². The second kappa shape index (κ2) is 7.43. The lowest BCUT2D eigenvalue weighted by Crippen LogP contribution is -1.93. The third kappa shape index (κ3) is 4.60. The van der Waals surface area contributed by atoms with Crippen LogP contribution in [0.4, 0.5) is 5.69 Å². The van der Waals surface area contributed by atoms with E-state index in [9.17, 15) is 10.1 Å². The van der Waals surface area contributed by atoms with Gasteiger partial charge in [-0.3, -0.25) is 10.1 Å². The van der Waals surface area contributed by atoms with E-state index >= 15 is 0 Å². The van der Waals surface area contributed by atoms with E-state index in [0.717, 1.165) is 10.4 Å². The fraction of sp³-hybridized carbons (Fsp3) is 0.200. The summed E-state index contributed by atoms with van der Waals surface area (Å²) in [7, 11) is 0. The van der Waals surface area contributed by atoms with Gasteiger partial charge < -0.3 is 9.84 Å². The molecule has 1 aromatic carbocycles. The van der Waals surface area contributed by atoms with E-state index in [4.69, 9.17) is 9.84 Å².